The monoisotopic (exact) mass is 260 g/mol. The zero-order valence-corrected chi connectivity index (χ0v) is 11.3. The molecular weight excluding hydrogens is 240 g/mol. The summed E-state index contributed by atoms with van der Waals surface area (Å²) in [4.78, 5) is 6.61. The summed E-state index contributed by atoms with van der Waals surface area (Å²) in [5.74, 6) is 0.854. The Morgan fingerprint density at radius 3 is 2.89 bits per heavy atom. The molecule has 0 radical (unpaired) electrons. The number of nitrogens with one attached hydrogen (secondary N) is 1. The minimum atomic E-state index is -0.159. The predicted molar refractivity (Wildman–Crippen MR) is 73.6 cm³/mol. The second-order valence-corrected chi connectivity index (χ2v) is 4.88. The van der Waals surface area contributed by atoms with Gasteiger partial charge in [0.15, 0.2) is 0 Å². The molecule has 0 unspecified atom stereocenters. The van der Waals surface area contributed by atoms with Gasteiger partial charge in [-0.25, -0.2) is 4.98 Å². The van der Waals surface area contributed by atoms with Gasteiger partial charge in [-0.15, -0.1) is 0 Å². The highest BCUT2D eigenvalue weighted by atomic mass is 16.3. The van der Waals surface area contributed by atoms with Crippen LogP contribution in [0.25, 0.3) is 0 Å². The van der Waals surface area contributed by atoms with Gasteiger partial charge in [-0.3, -0.25) is 4.90 Å². The van der Waals surface area contributed by atoms with Gasteiger partial charge in [0.2, 0.25) is 0 Å². The molecule has 0 aliphatic carbocycles. The number of hydrogen-bond acceptors (Lipinski definition) is 5. The Kier molecular flexibility index (Phi) is 4.72. The highest BCUT2D eigenvalue weighted by molar-refractivity contribution is 5.47. The van der Waals surface area contributed by atoms with E-state index in [1.165, 1.54) is 0 Å². The number of pyridine rings is 1. The Hall–Kier alpha value is -1.64. The first-order chi connectivity index (χ1) is 9.22. The maximum Gasteiger partial charge on any atom is 0.130 e. The van der Waals surface area contributed by atoms with E-state index in [4.69, 9.17) is 5.26 Å². The summed E-state index contributed by atoms with van der Waals surface area (Å²) in [6, 6.07) is 4.03. The molecule has 1 aromatic heterocycles. The molecule has 2 heterocycles. The van der Waals surface area contributed by atoms with Crippen molar-refractivity contribution in [3.05, 3.63) is 23.4 Å². The number of likely N-dealkylation sites (tertiary alicyclic amines) is 1. The fourth-order valence-electron chi connectivity index (χ4n) is 2.34. The van der Waals surface area contributed by atoms with Crippen molar-refractivity contribution in [2.24, 2.45) is 0 Å². The van der Waals surface area contributed by atoms with Gasteiger partial charge in [0.25, 0.3) is 0 Å². The lowest BCUT2D eigenvalue weighted by molar-refractivity contribution is 0.0793. The van der Waals surface area contributed by atoms with Crippen LogP contribution in [0.4, 0.5) is 5.82 Å². The molecule has 0 atom stereocenters. The van der Waals surface area contributed by atoms with Crippen LogP contribution in [0.15, 0.2) is 12.3 Å². The molecule has 2 rings (SSSR count). The fourth-order valence-corrected chi connectivity index (χ4v) is 2.34. The molecule has 1 fully saturated rings. The molecule has 1 aromatic rings. The minimum absolute atomic E-state index is 0.159. The smallest absolute Gasteiger partial charge is 0.130 e. The van der Waals surface area contributed by atoms with Crippen LogP contribution >= 0.6 is 0 Å². The Labute approximate surface area is 113 Å². The highest BCUT2D eigenvalue weighted by Gasteiger charge is 2.18. The van der Waals surface area contributed by atoms with Crippen LogP contribution < -0.4 is 5.32 Å². The lowest BCUT2D eigenvalue weighted by atomic mass is 10.1. The van der Waals surface area contributed by atoms with E-state index in [1.807, 2.05) is 13.0 Å². The molecule has 1 saturated heterocycles. The molecule has 0 saturated carbocycles. The van der Waals surface area contributed by atoms with Crippen molar-refractivity contribution in [3.8, 4) is 6.07 Å². The number of anilines is 1. The van der Waals surface area contributed by atoms with Gasteiger partial charge in [0.1, 0.15) is 11.9 Å². The lowest BCUT2D eigenvalue weighted by Crippen LogP contribution is -2.35. The molecule has 1 aliphatic heterocycles. The van der Waals surface area contributed by atoms with Gasteiger partial charge in [-0.1, -0.05) is 0 Å². The van der Waals surface area contributed by atoms with Crippen LogP contribution in [0.3, 0.4) is 0 Å². The molecular formula is C14H20N4O. The van der Waals surface area contributed by atoms with Crippen molar-refractivity contribution in [1.82, 2.24) is 9.88 Å². The van der Waals surface area contributed by atoms with Crippen molar-refractivity contribution < 1.29 is 5.11 Å². The molecule has 0 spiro atoms. The van der Waals surface area contributed by atoms with E-state index in [0.717, 1.165) is 50.4 Å². The van der Waals surface area contributed by atoms with E-state index in [9.17, 15) is 5.11 Å². The van der Waals surface area contributed by atoms with Gasteiger partial charge in [0.05, 0.1) is 11.7 Å². The predicted octanol–water partition coefficient (Wildman–Crippen LogP) is 1.34. The minimum Gasteiger partial charge on any atom is -0.393 e. The van der Waals surface area contributed by atoms with Crippen LogP contribution in [-0.2, 0) is 6.54 Å². The van der Waals surface area contributed by atoms with Gasteiger partial charge >= 0.3 is 0 Å². The quantitative estimate of drug-likeness (QED) is 0.854. The summed E-state index contributed by atoms with van der Waals surface area (Å²) in [6.07, 6.45) is 3.08. The van der Waals surface area contributed by atoms with E-state index in [0.29, 0.717) is 5.56 Å². The van der Waals surface area contributed by atoms with Crippen LogP contribution in [-0.4, -0.2) is 40.7 Å². The molecule has 0 amide bonds. The van der Waals surface area contributed by atoms with Crippen molar-refractivity contribution in [2.75, 3.05) is 25.0 Å². The average Bonchev–Trinajstić information content (AvgIpc) is 2.43. The van der Waals surface area contributed by atoms with Gasteiger partial charge in [0, 0.05) is 37.9 Å². The number of aliphatic hydroxyl groups is 1. The maximum absolute atomic E-state index is 9.52. The highest BCUT2D eigenvalue weighted by Crippen LogP contribution is 2.19. The Morgan fingerprint density at radius 1 is 1.53 bits per heavy atom. The molecule has 1 aliphatic rings. The summed E-state index contributed by atoms with van der Waals surface area (Å²) in [5.41, 5.74) is 1.64. The molecule has 0 aromatic carbocycles. The average molecular weight is 260 g/mol. The van der Waals surface area contributed by atoms with Crippen LogP contribution in [0.1, 0.15) is 30.9 Å². The third-order valence-electron chi connectivity index (χ3n) is 3.39. The zero-order valence-electron chi connectivity index (χ0n) is 11.3. The van der Waals surface area contributed by atoms with Crippen molar-refractivity contribution in [3.63, 3.8) is 0 Å². The first-order valence-electron chi connectivity index (χ1n) is 6.76. The standard InChI is InChI=1S/C14H20N4O/c1-2-16-14-12(7-11(8-15)9-17-14)10-18-5-3-13(19)4-6-18/h7,9,13,19H,2-6,10H2,1H3,(H,16,17). The summed E-state index contributed by atoms with van der Waals surface area (Å²) in [5, 5.41) is 21.7. The topological polar surface area (TPSA) is 72.2 Å². The number of piperidine rings is 1. The van der Waals surface area contributed by atoms with E-state index < -0.39 is 0 Å². The third kappa shape index (κ3) is 3.66. The second-order valence-electron chi connectivity index (χ2n) is 4.88. The van der Waals surface area contributed by atoms with Gasteiger partial charge in [-0.2, -0.15) is 5.26 Å². The Morgan fingerprint density at radius 2 is 2.26 bits per heavy atom. The second kappa shape index (κ2) is 6.50. The number of aromatic nitrogens is 1. The Balaban J connectivity index is 2.11. The molecule has 19 heavy (non-hydrogen) atoms. The Bertz CT molecular complexity index is 461. The maximum atomic E-state index is 9.52. The summed E-state index contributed by atoms with van der Waals surface area (Å²) >= 11 is 0. The number of rotatable bonds is 4. The van der Waals surface area contributed by atoms with Crippen molar-refractivity contribution in [1.29, 1.82) is 5.26 Å². The SMILES string of the molecule is CCNc1ncc(C#N)cc1CN1CCC(O)CC1. The number of nitriles is 1. The van der Waals surface area contributed by atoms with Crippen LogP contribution in [0, 0.1) is 11.3 Å². The number of aliphatic hydroxyl groups excluding tert-OH is 1. The molecule has 102 valence electrons. The molecule has 0 bridgehead atoms. The third-order valence-corrected chi connectivity index (χ3v) is 3.39. The fraction of sp³-hybridized carbons (Fsp3) is 0.571. The molecule has 5 nitrogen and oxygen atoms in total. The first-order valence-corrected chi connectivity index (χ1v) is 6.76. The summed E-state index contributed by atoms with van der Waals surface area (Å²) in [7, 11) is 0. The van der Waals surface area contributed by atoms with E-state index in [1.54, 1.807) is 6.20 Å². The zero-order chi connectivity index (χ0) is 13.7. The van der Waals surface area contributed by atoms with Crippen molar-refractivity contribution >= 4 is 5.82 Å². The lowest BCUT2D eigenvalue weighted by Gasteiger charge is -2.29. The van der Waals surface area contributed by atoms with E-state index >= 15 is 0 Å². The van der Waals surface area contributed by atoms with Gasteiger partial charge < -0.3 is 10.4 Å². The summed E-state index contributed by atoms with van der Waals surface area (Å²) in [6.45, 7) is 5.40. The normalized spacial score (nSPS) is 17.1. The number of hydrogen-bond donors (Lipinski definition) is 2. The van der Waals surface area contributed by atoms with E-state index in [-0.39, 0.29) is 6.10 Å². The van der Waals surface area contributed by atoms with Crippen LogP contribution in [0.2, 0.25) is 0 Å². The van der Waals surface area contributed by atoms with Crippen LogP contribution in [0.5, 0.6) is 0 Å². The van der Waals surface area contributed by atoms with Crippen molar-refractivity contribution in [2.45, 2.75) is 32.4 Å². The van der Waals surface area contributed by atoms with E-state index in [2.05, 4.69) is 21.3 Å². The summed E-state index contributed by atoms with van der Waals surface area (Å²) < 4.78 is 0. The van der Waals surface area contributed by atoms with Gasteiger partial charge in [-0.05, 0) is 25.8 Å². The number of nitrogens with zero attached hydrogens (tertiary/aromatic N) is 3. The molecule has 5 heteroatoms. The molecule has 2 N–H and O–H groups in total. The first kappa shape index (κ1) is 13.8. The largest absolute Gasteiger partial charge is 0.393 e.